The van der Waals surface area contributed by atoms with Crippen molar-refractivity contribution >= 4 is 5.91 Å². The average molecular weight is 385 g/mol. The Morgan fingerprint density at radius 3 is 2.52 bits per heavy atom. The molecule has 1 aliphatic rings. The zero-order chi connectivity index (χ0) is 19.4. The number of ether oxygens (including phenoxy) is 2. The molecule has 0 N–H and O–H groups in total. The lowest BCUT2D eigenvalue weighted by molar-refractivity contribution is -0.159. The fraction of sp³-hybridized carbons (Fsp3) is 0.471. The van der Waals surface area contributed by atoms with Crippen LogP contribution < -0.4 is 0 Å². The molecule has 1 aromatic heterocycles. The summed E-state index contributed by atoms with van der Waals surface area (Å²) in [6.45, 7) is 1.68. The summed E-state index contributed by atoms with van der Waals surface area (Å²) in [6, 6.07) is 6.63. The summed E-state index contributed by atoms with van der Waals surface area (Å²) in [7, 11) is 1.53. The van der Waals surface area contributed by atoms with Crippen molar-refractivity contribution in [3.63, 3.8) is 0 Å². The molecule has 0 saturated carbocycles. The van der Waals surface area contributed by atoms with E-state index in [0.29, 0.717) is 31.9 Å². The zero-order valence-electron chi connectivity index (χ0n) is 14.5. The Hall–Kier alpha value is -2.46. The van der Waals surface area contributed by atoms with E-state index in [-0.39, 0.29) is 24.2 Å². The predicted molar refractivity (Wildman–Crippen MR) is 86.4 cm³/mol. The highest BCUT2D eigenvalue weighted by molar-refractivity contribution is 5.76. The van der Waals surface area contributed by atoms with Crippen LogP contribution in [0.3, 0.4) is 0 Å². The van der Waals surface area contributed by atoms with Gasteiger partial charge in [-0.05, 0) is 5.56 Å². The molecule has 0 bridgehead atoms. The highest BCUT2D eigenvalue weighted by Gasteiger charge is 2.38. The van der Waals surface area contributed by atoms with Crippen molar-refractivity contribution in [1.82, 2.24) is 15.0 Å². The number of hydrogen-bond acceptors (Lipinski definition) is 6. The molecular formula is C17H18F3N3O4. The number of rotatable bonds is 7. The Morgan fingerprint density at radius 2 is 2.00 bits per heavy atom. The number of hydrogen-bond donors (Lipinski definition) is 0. The summed E-state index contributed by atoms with van der Waals surface area (Å²) >= 11 is 0. The molecule has 0 aliphatic carbocycles. The average Bonchev–Trinajstić information content (AvgIpc) is 3.08. The molecule has 10 heteroatoms. The normalized spacial score (nSPS) is 14.8. The standard InChI is InChI=1S/C17H18F3N3O4/c1-25-7-6-14(24)23(13-9-26-10-13)8-11-2-4-12(5-3-11)15-21-16(27-22-15)17(18,19)20/h2-5,13H,6-10H2,1H3. The maximum atomic E-state index is 12.6. The van der Waals surface area contributed by atoms with Gasteiger partial charge < -0.3 is 18.9 Å². The van der Waals surface area contributed by atoms with Crippen LogP contribution in [0.1, 0.15) is 17.9 Å². The highest BCUT2D eigenvalue weighted by atomic mass is 19.4. The number of carbonyl (C=O) groups excluding carboxylic acids is 1. The summed E-state index contributed by atoms with van der Waals surface area (Å²) < 4.78 is 52.0. The second-order valence-corrected chi connectivity index (χ2v) is 6.07. The van der Waals surface area contributed by atoms with Crippen molar-refractivity contribution < 1.29 is 32.0 Å². The number of methoxy groups -OCH3 is 1. The van der Waals surface area contributed by atoms with E-state index >= 15 is 0 Å². The van der Waals surface area contributed by atoms with Gasteiger partial charge in [-0.15, -0.1) is 0 Å². The third-order valence-electron chi connectivity index (χ3n) is 4.14. The van der Waals surface area contributed by atoms with E-state index < -0.39 is 12.1 Å². The van der Waals surface area contributed by atoms with Gasteiger partial charge in [0.05, 0.1) is 32.3 Å². The molecule has 0 unspecified atom stereocenters. The van der Waals surface area contributed by atoms with Crippen LogP contribution in [0.2, 0.25) is 0 Å². The molecule has 2 heterocycles. The monoisotopic (exact) mass is 385 g/mol. The largest absolute Gasteiger partial charge is 0.471 e. The van der Waals surface area contributed by atoms with Gasteiger partial charge in [-0.3, -0.25) is 4.79 Å². The predicted octanol–water partition coefficient (Wildman–Crippen LogP) is 2.52. The van der Waals surface area contributed by atoms with Gasteiger partial charge in [-0.2, -0.15) is 18.2 Å². The van der Waals surface area contributed by atoms with Crippen LogP contribution in [0.5, 0.6) is 0 Å². The summed E-state index contributed by atoms with van der Waals surface area (Å²) in [4.78, 5) is 17.5. The lowest BCUT2D eigenvalue weighted by Gasteiger charge is -2.37. The van der Waals surface area contributed by atoms with Crippen molar-refractivity contribution in [3.05, 3.63) is 35.7 Å². The third-order valence-corrected chi connectivity index (χ3v) is 4.14. The first kappa shape index (κ1) is 19.3. The lowest BCUT2D eigenvalue weighted by atomic mass is 10.1. The van der Waals surface area contributed by atoms with Crippen LogP contribution in [0.15, 0.2) is 28.8 Å². The van der Waals surface area contributed by atoms with Gasteiger partial charge in [0.25, 0.3) is 0 Å². The fourth-order valence-electron chi connectivity index (χ4n) is 2.57. The molecular weight excluding hydrogens is 367 g/mol. The van der Waals surface area contributed by atoms with E-state index in [0.717, 1.165) is 5.56 Å². The first-order valence-electron chi connectivity index (χ1n) is 8.25. The number of carbonyl (C=O) groups is 1. The van der Waals surface area contributed by atoms with E-state index in [1.54, 1.807) is 29.2 Å². The number of halogens is 3. The van der Waals surface area contributed by atoms with E-state index in [4.69, 9.17) is 9.47 Å². The highest BCUT2D eigenvalue weighted by Crippen LogP contribution is 2.29. The van der Waals surface area contributed by atoms with E-state index in [2.05, 4.69) is 14.7 Å². The maximum Gasteiger partial charge on any atom is 0.471 e. The molecule has 0 atom stereocenters. The van der Waals surface area contributed by atoms with Crippen LogP contribution in [0.4, 0.5) is 13.2 Å². The van der Waals surface area contributed by atoms with Crippen molar-refractivity contribution in [2.75, 3.05) is 26.9 Å². The number of nitrogens with zero attached hydrogens (tertiary/aromatic N) is 3. The first-order valence-corrected chi connectivity index (χ1v) is 8.25. The molecule has 2 aromatic rings. The molecule has 146 valence electrons. The van der Waals surface area contributed by atoms with Gasteiger partial charge in [0.2, 0.25) is 11.7 Å². The van der Waals surface area contributed by atoms with Crippen molar-refractivity contribution in [2.24, 2.45) is 0 Å². The van der Waals surface area contributed by atoms with Gasteiger partial charge in [-0.1, -0.05) is 29.4 Å². The molecule has 1 aromatic carbocycles. The molecule has 0 spiro atoms. The van der Waals surface area contributed by atoms with E-state index in [9.17, 15) is 18.0 Å². The molecule has 3 rings (SSSR count). The number of alkyl halides is 3. The summed E-state index contributed by atoms with van der Waals surface area (Å²) in [5.41, 5.74) is 1.22. The Morgan fingerprint density at radius 1 is 1.30 bits per heavy atom. The van der Waals surface area contributed by atoms with Gasteiger partial charge in [0.1, 0.15) is 0 Å². The number of benzene rings is 1. The van der Waals surface area contributed by atoms with Crippen molar-refractivity contribution in [1.29, 1.82) is 0 Å². The first-order chi connectivity index (χ1) is 12.9. The van der Waals surface area contributed by atoms with Crippen LogP contribution in [-0.2, 0) is 27.0 Å². The quantitative estimate of drug-likeness (QED) is 0.729. The Labute approximate surface area is 153 Å². The minimum Gasteiger partial charge on any atom is -0.384 e. The molecule has 0 radical (unpaired) electrons. The Kier molecular flexibility index (Phi) is 5.76. The molecule has 1 amide bonds. The Bertz CT molecular complexity index is 772. The number of amides is 1. The van der Waals surface area contributed by atoms with Crippen LogP contribution in [0, 0.1) is 0 Å². The Balaban J connectivity index is 1.70. The summed E-state index contributed by atoms with van der Waals surface area (Å²) in [5.74, 6) is -1.57. The van der Waals surface area contributed by atoms with Crippen molar-refractivity contribution in [3.8, 4) is 11.4 Å². The zero-order valence-corrected chi connectivity index (χ0v) is 14.5. The second-order valence-electron chi connectivity index (χ2n) is 6.07. The molecule has 7 nitrogen and oxygen atoms in total. The molecule has 1 fully saturated rings. The van der Waals surface area contributed by atoms with Crippen LogP contribution >= 0.6 is 0 Å². The third kappa shape index (κ3) is 4.64. The maximum absolute atomic E-state index is 12.6. The summed E-state index contributed by atoms with van der Waals surface area (Å²) in [5, 5.41) is 3.36. The van der Waals surface area contributed by atoms with Gasteiger partial charge >= 0.3 is 12.1 Å². The topological polar surface area (TPSA) is 77.7 Å². The summed E-state index contributed by atoms with van der Waals surface area (Å²) in [6.07, 6.45) is -4.41. The SMILES string of the molecule is COCCC(=O)N(Cc1ccc(-c2noc(C(F)(F)F)n2)cc1)C1COC1. The van der Waals surface area contributed by atoms with Crippen molar-refractivity contribution in [2.45, 2.75) is 25.2 Å². The lowest BCUT2D eigenvalue weighted by Crippen LogP contribution is -2.51. The van der Waals surface area contributed by atoms with Gasteiger partial charge in [0, 0.05) is 19.2 Å². The van der Waals surface area contributed by atoms with Crippen LogP contribution in [-0.4, -0.2) is 53.9 Å². The van der Waals surface area contributed by atoms with E-state index in [1.807, 2.05) is 0 Å². The smallest absolute Gasteiger partial charge is 0.384 e. The van der Waals surface area contributed by atoms with Gasteiger partial charge in [-0.25, -0.2) is 0 Å². The minimum atomic E-state index is -4.68. The molecule has 27 heavy (non-hydrogen) atoms. The van der Waals surface area contributed by atoms with Crippen LogP contribution in [0.25, 0.3) is 11.4 Å². The van der Waals surface area contributed by atoms with Gasteiger partial charge in [0.15, 0.2) is 0 Å². The second kappa shape index (κ2) is 8.05. The molecule has 1 aliphatic heterocycles. The molecule has 1 saturated heterocycles. The number of aromatic nitrogens is 2. The van der Waals surface area contributed by atoms with E-state index in [1.165, 1.54) is 7.11 Å². The fourth-order valence-corrected chi connectivity index (χ4v) is 2.57. The minimum absolute atomic E-state index is 0.0144.